The van der Waals surface area contributed by atoms with Crippen LogP contribution in [-0.4, -0.2) is 48.8 Å². The Kier molecular flexibility index (Phi) is 7.67. The summed E-state index contributed by atoms with van der Waals surface area (Å²) in [4.78, 5) is 38.1. The summed E-state index contributed by atoms with van der Waals surface area (Å²) < 4.78 is 0.851. The first-order chi connectivity index (χ1) is 12.0. The van der Waals surface area contributed by atoms with Gasteiger partial charge in [-0.1, -0.05) is 19.1 Å². The number of likely N-dealkylation sites (tertiary alicyclic amines) is 1. The molecule has 25 heavy (non-hydrogen) atoms. The number of benzene rings is 1. The van der Waals surface area contributed by atoms with Crippen molar-refractivity contribution in [2.45, 2.75) is 26.2 Å². The number of nitrogens with zero attached hydrogens (tertiary/aromatic N) is 1. The molecule has 1 aromatic rings. The Balaban J connectivity index is 1.76. The average molecular weight is 457 g/mol. The summed E-state index contributed by atoms with van der Waals surface area (Å²) in [6.45, 7) is 3.81. The van der Waals surface area contributed by atoms with E-state index in [9.17, 15) is 14.4 Å². The zero-order chi connectivity index (χ0) is 18.2. The minimum absolute atomic E-state index is 0.0174. The second kappa shape index (κ2) is 9.74. The molecule has 2 N–H and O–H groups in total. The molecular weight excluding hydrogens is 433 g/mol. The van der Waals surface area contributed by atoms with Gasteiger partial charge in [-0.2, -0.15) is 0 Å². The maximum atomic E-state index is 12.3. The Hall–Kier alpha value is -1.64. The lowest BCUT2D eigenvalue weighted by atomic mass is 9.96. The first-order valence-corrected chi connectivity index (χ1v) is 9.69. The van der Waals surface area contributed by atoms with Crippen molar-refractivity contribution >= 4 is 40.3 Å². The van der Waals surface area contributed by atoms with Crippen LogP contribution in [0.1, 0.15) is 36.5 Å². The van der Waals surface area contributed by atoms with E-state index in [0.29, 0.717) is 38.0 Å². The van der Waals surface area contributed by atoms with E-state index in [1.165, 1.54) is 0 Å². The molecule has 0 spiro atoms. The molecule has 1 aliphatic heterocycles. The van der Waals surface area contributed by atoms with Gasteiger partial charge in [0.05, 0.1) is 12.1 Å². The van der Waals surface area contributed by atoms with E-state index in [1.807, 2.05) is 19.1 Å². The highest BCUT2D eigenvalue weighted by Crippen LogP contribution is 2.17. The smallest absolute Gasteiger partial charge is 0.252 e. The Morgan fingerprint density at radius 1 is 1.16 bits per heavy atom. The molecule has 1 aliphatic rings. The number of piperidine rings is 1. The highest BCUT2D eigenvalue weighted by atomic mass is 127. The number of nitrogens with one attached hydrogen (secondary N) is 2. The van der Waals surface area contributed by atoms with Crippen LogP contribution < -0.4 is 10.6 Å². The van der Waals surface area contributed by atoms with Crippen molar-refractivity contribution in [2.24, 2.45) is 5.92 Å². The molecule has 1 fully saturated rings. The zero-order valence-corrected chi connectivity index (χ0v) is 16.5. The van der Waals surface area contributed by atoms with Crippen LogP contribution in [0.2, 0.25) is 0 Å². The number of carbonyl (C=O) groups excluding carboxylic acids is 3. The van der Waals surface area contributed by atoms with E-state index in [-0.39, 0.29) is 30.2 Å². The molecule has 136 valence electrons. The number of amides is 3. The van der Waals surface area contributed by atoms with Gasteiger partial charge < -0.3 is 15.5 Å². The molecule has 1 heterocycles. The standard InChI is InChI=1S/C18H24IN3O3/c1-2-9-20-17(24)13-7-10-22(11-8-13)16(23)12-21-18(25)14-5-3-4-6-15(14)19/h3-6,13H,2,7-12H2,1H3,(H,20,24)(H,21,25). The molecule has 0 aliphatic carbocycles. The molecule has 1 saturated heterocycles. The molecular formula is C18H24IN3O3. The molecule has 2 rings (SSSR count). The van der Waals surface area contributed by atoms with E-state index in [2.05, 4.69) is 33.2 Å². The highest BCUT2D eigenvalue weighted by Gasteiger charge is 2.27. The zero-order valence-electron chi connectivity index (χ0n) is 14.4. The maximum absolute atomic E-state index is 12.3. The summed E-state index contributed by atoms with van der Waals surface area (Å²) in [6, 6.07) is 7.26. The third kappa shape index (κ3) is 5.69. The van der Waals surface area contributed by atoms with Crippen molar-refractivity contribution in [3.8, 4) is 0 Å². The Morgan fingerprint density at radius 3 is 2.48 bits per heavy atom. The van der Waals surface area contributed by atoms with Crippen molar-refractivity contribution in [3.63, 3.8) is 0 Å². The normalized spacial score (nSPS) is 14.9. The summed E-state index contributed by atoms with van der Waals surface area (Å²) in [5.74, 6) is -0.282. The van der Waals surface area contributed by atoms with Gasteiger partial charge in [0.1, 0.15) is 0 Å². The van der Waals surface area contributed by atoms with Gasteiger partial charge in [-0.05, 0) is 54.0 Å². The van der Waals surface area contributed by atoms with Crippen molar-refractivity contribution in [1.29, 1.82) is 0 Å². The predicted octanol–water partition coefficient (Wildman–Crippen LogP) is 1.79. The van der Waals surface area contributed by atoms with Crippen LogP contribution in [0.3, 0.4) is 0 Å². The lowest BCUT2D eigenvalue weighted by Crippen LogP contribution is -2.46. The number of hydrogen-bond acceptors (Lipinski definition) is 3. The summed E-state index contributed by atoms with van der Waals surface area (Å²) in [6.07, 6.45) is 2.26. The molecule has 7 heteroatoms. The van der Waals surface area contributed by atoms with E-state index in [1.54, 1.807) is 17.0 Å². The molecule has 0 aromatic heterocycles. The van der Waals surface area contributed by atoms with Gasteiger partial charge in [-0.25, -0.2) is 0 Å². The molecule has 0 saturated carbocycles. The molecule has 3 amide bonds. The number of carbonyl (C=O) groups is 3. The SMILES string of the molecule is CCCNC(=O)C1CCN(C(=O)CNC(=O)c2ccccc2I)CC1. The fourth-order valence-corrected chi connectivity index (χ4v) is 3.42. The Labute approximate surface area is 161 Å². The van der Waals surface area contributed by atoms with Gasteiger partial charge in [-0.15, -0.1) is 0 Å². The average Bonchev–Trinajstić information content (AvgIpc) is 2.64. The van der Waals surface area contributed by atoms with Crippen LogP contribution >= 0.6 is 22.6 Å². The van der Waals surface area contributed by atoms with Crippen LogP contribution in [0.25, 0.3) is 0 Å². The van der Waals surface area contributed by atoms with Gasteiger partial charge in [0.15, 0.2) is 0 Å². The van der Waals surface area contributed by atoms with E-state index < -0.39 is 0 Å². The largest absolute Gasteiger partial charge is 0.356 e. The molecule has 1 aromatic carbocycles. The van der Waals surface area contributed by atoms with Gasteiger partial charge in [-0.3, -0.25) is 14.4 Å². The third-order valence-electron chi connectivity index (χ3n) is 4.29. The van der Waals surface area contributed by atoms with Crippen molar-refractivity contribution < 1.29 is 14.4 Å². The van der Waals surface area contributed by atoms with Crippen LogP contribution in [0.5, 0.6) is 0 Å². The minimum atomic E-state index is -0.243. The topological polar surface area (TPSA) is 78.5 Å². The second-order valence-corrected chi connectivity index (χ2v) is 7.27. The number of rotatable bonds is 6. The molecule has 6 nitrogen and oxygen atoms in total. The fourth-order valence-electron chi connectivity index (χ4n) is 2.79. The van der Waals surface area contributed by atoms with Crippen LogP contribution in [0.15, 0.2) is 24.3 Å². The summed E-state index contributed by atoms with van der Waals surface area (Å²) in [7, 11) is 0. The molecule has 0 atom stereocenters. The Bertz CT molecular complexity index is 628. The van der Waals surface area contributed by atoms with E-state index in [0.717, 1.165) is 9.99 Å². The van der Waals surface area contributed by atoms with Crippen LogP contribution in [0, 0.1) is 9.49 Å². The van der Waals surface area contributed by atoms with Gasteiger partial charge >= 0.3 is 0 Å². The fraction of sp³-hybridized carbons (Fsp3) is 0.500. The third-order valence-corrected chi connectivity index (χ3v) is 5.23. The monoisotopic (exact) mass is 457 g/mol. The maximum Gasteiger partial charge on any atom is 0.252 e. The van der Waals surface area contributed by atoms with E-state index in [4.69, 9.17) is 0 Å². The van der Waals surface area contributed by atoms with E-state index >= 15 is 0 Å². The van der Waals surface area contributed by atoms with Gasteiger partial charge in [0.25, 0.3) is 5.91 Å². The molecule has 0 unspecified atom stereocenters. The van der Waals surface area contributed by atoms with Crippen LogP contribution in [0.4, 0.5) is 0 Å². The van der Waals surface area contributed by atoms with Gasteiger partial charge in [0, 0.05) is 29.1 Å². The van der Waals surface area contributed by atoms with Crippen molar-refractivity contribution in [3.05, 3.63) is 33.4 Å². The molecule has 0 bridgehead atoms. The summed E-state index contributed by atoms with van der Waals surface area (Å²) in [5.41, 5.74) is 0.571. The number of halogens is 1. The quantitative estimate of drug-likeness (QED) is 0.640. The second-order valence-electron chi connectivity index (χ2n) is 6.11. The summed E-state index contributed by atoms with van der Waals surface area (Å²) >= 11 is 2.10. The lowest BCUT2D eigenvalue weighted by Gasteiger charge is -2.31. The lowest BCUT2D eigenvalue weighted by molar-refractivity contribution is -0.134. The summed E-state index contributed by atoms with van der Waals surface area (Å²) in [5, 5.41) is 5.59. The number of hydrogen-bond donors (Lipinski definition) is 2. The first-order valence-electron chi connectivity index (χ1n) is 8.61. The van der Waals surface area contributed by atoms with Gasteiger partial charge in [0.2, 0.25) is 11.8 Å². The predicted molar refractivity (Wildman–Crippen MR) is 104 cm³/mol. The molecule has 0 radical (unpaired) electrons. The van der Waals surface area contributed by atoms with Crippen LogP contribution in [-0.2, 0) is 9.59 Å². The van der Waals surface area contributed by atoms with Crippen molar-refractivity contribution in [1.82, 2.24) is 15.5 Å². The van der Waals surface area contributed by atoms with Crippen molar-refractivity contribution in [2.75, 3.05) is 26.2 Å². The highest BCUT2D eigenvalue weighted by molar-refractivity contribution is 14.1. The Morgan fingerprint density at radius 2 is 1.84 bits per heavy atom. The minimum Gasteiger partial charge on any atom is -0.356 e. The first kappa shape index (κ1) is 19.7.